The fourth-order valence-electron chi connectivity index (χ4n) is 2.05. The smallest absolute Gasteiger partial charge is 0.343 e. The molecule has 3 rings (SSSR count). The van der Waals surface area contributed by atoms with Gasteiger partial charge in [-0.25, -0.2) is 4.79 Å². The molecule has 0 radical (unpaired) electrons. The van der Waals surface area contributed by atoms with Crippen molar-refractivity contribution < 1.29 is 19.7 Å². The van der Waals surface area contributed by atoms with Crippen molar-refractivity contribution in [3.05, 3.63) is 59.9 Å². The molecule has 4 heteroatoms. The number of allylic oxidation sites excluding steroid dienone is 3. The number of hydrogen-bond donors (Lipinski definition) is 2. The third-order valence-electron chi connectivity index (χ3n) is 3.03. The van der Waals surface area contributed by atoms with Gasteiger partial charge in [0.15, 0.2) is 5.60 Å². The van der Waals surface area contributed by atoms with Crippen LogP contribution in [0.2, 0.25) is 0 Å². The number of aliphatic carboxylic acids is 1. The molecule has 2 N–H and O–H groups in total. The van der Waals surface area contributed by atoms with Crippen LogP contribution < -0.4 is 4.74 Å². The van der Waals surface area contributed by atoms with Crippen molar-refractivity contribution in [2.75, 3.05) is 0 Å². The zero-order chi connectivity index (χ0) is 12.8. The van der Waals surface area contributed by atoms with Crippen LogP contribution in [-0.4, -0.2) is 21.8 Å². The first-order valence-corrected chi connectivity index (χ1v) is 5.45. The summed E-state index contributed by atoms with van der Waals surface area (Å²) in [5.74, 6) is -0.648. The maximum absolute atomic E-state index is 11.1. The maximum atomic E-state index is 11.1. The van der Waals surface area contributed by atoms with E-state index in [-0.39, 0.29) is 0 Å². The van der Waals surface area contributed by atoms with E-state index in [0.717, 1.165) is 11.1 Å². The molecule has 4 nitrogen and oxygen atoms in total. The summed E-state index contributed by atoms with van der Waals surface area (Å²) in [5.41, 5.74) is 0.236. The maximum Gasteiger partial charge on any atom is 0.343 e. The minimum Gasteiger partial charge on any atom is -0.479 e. The van der Waals surface area contributed by atoms with E-state index in [1.54, 1.807) is 18.4 Å². The largest absolute Gasteiger partial charge is 0.479 e. The SMILES string of the molecule is O=C(O)C1(O)C=CC2=COc3ccccc3C2=C1. The molecule has 0 spiro atoms. The number of carboxylic acids is 1. The average Bonchev–Trinajstić information content (AvgIpc) is 2.38. The molecule has 1 aromatic rings. The Kier molecular flexibility index (Phi) is 2.15. The first-order chi connectivity index (χ1) is 8.60. The Morgan fingerprint density at radius 3 is 2.83 bits per heavy atom. The summed E-state index contributed by atoms with van der Waals surface area (Å²) in [5, 5.41) is 19.0. The molecule has 90 valence electrons. The van der Waals surface area contributed by atoms with Crippen LogP contribution in [0.25, 0.3) is 5.57 Å². The van der Waals surface area contributed by atoms with Crippen LogP contribution in [0.3, 0.4) is 0 Å². The number of rotatable bonds is 1. The lowest BCUT2D eigenvalue weighted by Crippen LogP contribution is -2.35. The fourth-order valence-corrected chi connectivity index (χ4v) is 2.05. The van der Waals surface area contributed by atoms with Crippen molar-refractivity contribution in [1.82, 2.24) is 0 Å². The molecule has 0 saturated carbocycles. The first-order valence-electron chi connectivity index (χ1n) is 5.45. The Balaban J connectivity index is 2.18. The quantitative estimate of drug-likeness (QED) is 0.787. The topological polar surface area (TPSA) is 66.8 Å². The van der Waals surface area contributed by atoms with E-state index in [1.165, 1.54) is 12.2 Å². The molecule has 1 atom stereocenters. The van der Waals surface area contributed by atoms with E-state index in [0.29, 0.717) is 11.3 Å². The number of carbonyl (C=O) groups is 1. The molecule has 2 aliphatic rings. The van der Waals surface area contributed by atoms with Gasteiger partial charge in [0.2, 0.25) is 0 Å². The molecule has 18 heavy (non-hydrogen) atoms. The van der Waals surface area contributed by atoms with Crippen LogP contribution in [0, 0.1) is 0 Å². The molecule has 0 fully saturated rings. The summed E-state index contributed by atoms with van der Waals surface area (Å²) in [6.07, 6.45) is 5.68. The summed E-state index contributed by atoms with van der Waals surface area (Å²) in [6.45, 7) is 0. The van der Waals surface area contributed by atoms with Crippen LogP contribution in [0.1, 0.15) is 5.56 Å². The van der Waals surface area contributed by atoms with Crippen molar-refractivity contribution in [2.24, 2.45) is 0 Å². The number of benzene rings is 1. The van der Waals surface area contributed by atoms with Crippen LogP contribution in [-0.2, 0) is 4.79 Å². The van der Waals surface area contributed by atoms with Gasteiger partial charge in [-0.2, -0.15) is 0 Å². The number of fused-ring (bicyclic) bond motifs is 3. The van der Waals surface area contributed by atoms with E-state index in [4.69, 9.17) is 9.84 Å². The lowest BCUT2D eigenvalue weighted by molar-refractivity contribution is -0.149. The minimum atomic E-state index is -1.96. The zero-order valence-electron chi connectivity index (χ0n) is 9.33. The summed E-state index contributed by atoms with van der Waals surface area (Å²) in [7, 11) is 0. The average molecular weight is 242 g/mol. The Morgan fingerprint density at radius 2 is 2.06 bits per heavy atom. The Morgan fingerprint density at radius 1 is 1.28 bits per heavy atom. The minimum absolute atomic E-state index is 0.649. The van der Waals surface area contributed by atoms with Gasteiger partial charge in [0.05, 0.1) is 6.26 Å². The van der Waals surface area contributed by atoms with Crippen molar-refractivity contribution in [3.63, 3.8) is 0 Å². The molecule has 1 heterocycles. The molecule has 1 aliphatic heterocycles. The van der Waals surface area contributed by atoms with Gasteiger partial charge < -0.3 is 14.9 Å². The van der Waals surface area contributed by atoms with Crippen molar-refractivity contribution in [2.45, 2.75) is 5.60 Å². The predicted molar refractivity (Wildman–Crippen MR) is 64.9 cm³/mol. The molecule has 0 amide bonds. The highest BCUT2D eigenvalue weighted by Crippen LogP contribution is 2.39. The van der Waals surface area contributed by atoms with Crippen molar-refractivity contribution >= 4 is 11.5 Å². The highest BCUT2D eigenvalue weighted by atomic mass is 16.5. The number of hydrogen-bond acceptors (Lipinski definition) is 3. The third-order valence-corrected chi connectivity index (χ3v) is 3.03. The second kappa shape index (κ2) is 3.58. The van der Waals surface area contributed by atoms with Gasteiger partial charge in [0.25, 0.3) is 0 Å². The molecule has 1 aliphatic carbocycles. The lowest BCUT2D eigenvalue weighted by Gasteiger charge is -2.26. The van der Waals surface area contributed by atoms with Gasteiger partial charge in [-0.05, 0) is 23.8 Å². The summed E-state index contributed by atoms with van der Waals surface area (Å²) in [4.78, 5) is 11.1. The van der Waals surface area contributed by atoms with Gasteiger partial charge in [-0.15, -0.1) is 0 Å². The Hall–Kier alpha value is -2.33. The van der Waals surface area contributed by atoms with Gasteiger partial charge >= 0.3 is 5.97 Å². The molecule has 0 saturated heterocycles. The standard InChI is InChI=1S/C14H10O4/c15-13(16)14(17)6-5-9-8-18-12-4-2-1-3-10(12)11(9)7-14/h1-8,17H,(H,15,16). The Bertz CT molecular complexity index is 624. The van der Waals surface area contributed by atoms with Crippen molar-refractivity contribution in [3.8, 4) is 5.75 Å². The number of aliphatic hydroxyl groups is 1. The van der Waals surface area contributed by atoms with Crippen molar-refractivity contribution in [1.29, 1.82) is 0 Å². The second-order valence-corrected chi connectivity index (χ2v) is 4.21. The number of para-hydroxylation sites is 1. The first kappa shape index (κ1) is 10.8. The summed E-state index contributed by atoms with van der Waals surface area (Å²) >= 11 is 0. The van der Waals surface area contributed by atoms with Crippen LogP contribution in [0.5, 0.6) is 5.75 Å². The van der Waals surface area contributed by atoms with E-state index < -0.39 is 11.6 Å². The molecule has 0 aromatic heterocycles. The van der Waals surface area contributed by atoms with Crippen LogP contribution >= 0.6 is 0 Å². The van der Waals surface area contributed by atoms with E-state index in [2.05, 4.69) is 0 Å². The molecule has 1 aromatic carbocycles. The van der Waals surface area contributed by atoms with Gasteiger partial charge in [0.1, 0.15) is 5.75 Å². The third kappa shape index (κ3) is 1.47. The summed E-state index contributed by atoms with van der Waals surface area (Å²) < 4.78 is 5.44. The molecule has 0 bridgehead atoms. The highest BCUT2D eigenvalue weighted by molar-refractivity contribution is 5.94. The van der Waals surface area contributed by atoms with Crippen LogP contribution in [0.4, 0.5) is 0 Å². The van der Waals surface area contributed by atoms with Gasteiger partial charge in [0, 0.05) is 11.1 Å². The molecular formula is C14H10O4. The van der Waals surface area contributed by atoms with E-state index in [9.17, 15) is 9.90 Å². The van der Waals surface area contributed by atoms with Gasteiger partial charge in [-0.3, -0.25) is 0 Å². The number of ether oxygens (including phenoxy) is 1. The normalized spacial score (nSPS) is 24.3. The highest BCUT2D eigenvalue weighted by Gasteiger charge is 2.35. The Labute approximate surface area is 103 Å². The zero-order valence-corrected chi connectivity index (χ0v) is 9.33. The fraction of sp³-hybridized carbons (Fsp3) is 0.0714. The van der Waals surface area contributed by atoms with E-state index in [1.807, 2.05) is 18.2 Å². The summed E-state index contributed by atoms with van der Waals surface area (Å²) in [6, 6.07) is 7.29. The lowest BCUT2D eigenvalue weighted by atomic mass is 9.85. The second-order valence-electron chi connectivity index (χ2n) is 4.21. The monoisotopic (exact) mass is 242 g/mol. The van der Waals surface area contributed by atoms with E-state index >= 15 is 0 Å². The molecule has 1 unspecified atom stereocenters. The molecular weight excluding hydrogens is 232 g/mol. The predicted octanol–water partition coefficient (Wildman–Crippen LogP) is 1.73. The van der Waals surface area contributed by atoms with Gasteiger partial charge in [-0.1, -0.05) is 24.3 Å². The number of carboxylic acid groups (broad SMARTS) is 1. The van der Waals surface area contributed by atoms with Crippen LogP contribution in [0.15, 0.2) is 54.3 Å².